The number of hydrogen-bond acceptors (Lipinski definition) is 5. The summed E-state index contributed by atoms with van der Waals surface area (Å²) in [5.41, 5.74) is 5.59. The van der Waals surface area contributed by atoms with Crippen LogP contribution in [-0.2, 0) is 0 Å². The zero-order valence-electron chi connectivity index (χ0n) is 23.0. The van der Waals surface area contributed by atoms with Crippen LogP contribution >= 0.6 is 0 Å². The molecule has 44 heavy (non-hydrogen) atoms. The molecule has 0 bridgehead atoms. The third-order valence-electron chi connectivity index (χ3n) is 8.79. The number of rotatable bonds is 1. The molecule has 0 spiro atoms. The monoisotopic (exact) mass is 569 g/mol. The fraction of sp³-hybridized carbons (Fsp3) is 0. The fourth-order valence-corrected chi connectivity index (χ4v) is 6.78. The maximum Gasteiger partial charge on any atom is 0.200 e. The van der Waals surface area contributed by atoms with Crippen LogP contribution in [0, 0.1) is 0 Å². The molecule has 4 heterocycles. The van der Waals surface area contributed by atoms with Gasteiger partial charge in [0.2, 0.25) is 10.9 Å². The predicted molar refractivity (Wildman–Crippen MR) is 175 cm³/mol. The number of nitrogens with zero attached hydrogens (tertiary/aromatic N) is 1. The molecule has 4 aromatic heterocycles. The Balaban J connectivity index is 1.29. The molecule has 0 aliphatic heterocycles. The Labute approximate surface area is 246 Å². The summed E-state index contributed by atoms with van der Waals surface area (Å²) in [5, 5.41) is 5.87. The minimum atomic E-state index is -0.199. The molecule has 0 atom stereocenters. The number of fused-ring (bicyclic) bond motifs is 11. The Kier molecular flexibility index (Phi) is 4.39. The second-order valence-corrected chi connectivity index (χ2v) is 11.2. The average molecular weight is 570 g/mol. The highest BCUT2D eigenvalue weighted by molar-refractivity contribution is 6.21. The van der Waals surface area contributed by atoms with Crippen LogP contribution in [0.3, 0.4) is 0 Å². The molecule has 0 aliphatic carbocycles. The van der Waals surface area contributed by atoms with Gasteiger partial charge in [0.1, 0.15) is 27.9 Å². The zero-order chi connectivity index (χ0) is 29.1. The molecule has 6 heteroatoms. The molecule has 0 N–H and O–H groups in total. The molecule has 0 fully saturated rings. The molecule has 0 saturated heterocycles. The quantitative estimate of drug-likeness (QED) is 0.184. The van der Waals surface area contributed by atoms with E-state index in [1.54, 1.807) is 30.3 Å². The molecule has 0 saturated carbocycles. The lowest BCUT2D eigenvalue weighted by atomic mass is 10.1. The minimum absolute atomic E-state index is 0.162. The van der Waals surface area contributed by atoms with Crippen molar-refractivity contribution in [1.29, 1.82) is 0 Å². The van der Waals surface area contributed by atoms with E-state index < -0.39 is 0 Å². The maximum absolute atomic E-state index is 14.1. The topological polar surface area (TPSA) is 78.5 Å². The summed E-state index contributed by atoms with van der Waals surface area (Å²) < 4.78 is 20.9. The number of para-hydroxylation sites is 3. The molecule has 206 valence electrons. The summed E-state index contributed by atoms with van der Waals surface area (Å²) in [5.74, 6) is 0. The largest absolute Gasteiger partial charge is 0.456 e. The molecular weight excluding hydrogens is 550 g/mol. The number of benzene rings is 6. The van der Waals surface area contributed by atoms with Crippen molar-refractivity contribution in [2.75, 3.05) is 0 Å². The number of furan rings is 1. The summed E-state index contributed by atoms with van der Waals surface area (Å²) in [7, 11) is 0. The molecule has 0 amide bonds. The highest BCUT2D eigenvalue weighted by Gasteiger charge is 2.20. The lowest BCUT2D eigenvalue weighted by Crippen LogP contribution is -2.06. The summed E-state index contributed by atoms with van der Waals surface area (Å²) >= 11 is 0. The third-order valence-corrected chi connectivity index (χ3v) is 8.79. The van der Waals surface area contributed by atoms with Crippen molar-refractivity contribution in [3.05, 3.63) is 136 Å². The third kappa shape index (κ3) is 2.98. The summed E-state index contributed by atoms with van der Waals surface area (Å²) in [6, 6.07) is 36.5. The van der Waals surface area contributed by atoms with Crippen molar-refractivity contribution in [3.8, 4) is 5.69 Å². The predicted octanol–water partition coefficient (Wildman–Crippen LogP) is 9.20. The highest BCUT2D eigenvalue weighted by atomic mass is 16.3. The van der Waals surface area contributed by atoms with Gasteiger partial charge in [0, 0.05) is 27.2 Å². The van der Waals surface area contributed by atoms with Crippen molar-refractivity contribution in [1.82, 2.24) is 4.57 Å². The van der Waals surface area contributed by atoms with E-state index in [1.165, 1.54) is 0 Å². The minimum Gasteiger partial charge on any atom is -0.456 e. The van der Waals surface area contributed by atoms with E-state index in [4.69, 9.17) is 13.3 Å². The second-order valence-electron chi connectivity index (χ2n) is 11.2. The van der Waals surface area contributed by atoms with Crippen LogP contribution in [-0.4, -0.2) is 4.57 Å². The van der Waals surface area contributed by atoms with Gasteiger partial charge in [-0.15, -0.1) is 0 Å². The van der Waals surface area contributed by atoms with E-state index in [2.05, 4.69) is 34.9 Å². The maximum atomic E-state index is 14.1. The molecule has 0 unspecified atom stereocenters. The first-order chi connectivity index (χ1) is 21.6. The number of hydrogen-bond donors (Lipinski definition) is 0. The van der Waals surface area contributed by atoms with Crippen LogP contribution in [0.1, 0.15) is 0 Å². The Bertz CT molecular complexity index is 2990. The van der Waals surface area contributed by atoms with Crippen molar-refractivity contribution < 1.29 is 13.3 Å². The van der Waals surface area contributed by atoms with E-state index in [1.807, 2.05) is 54.6 Å². The van der Waals surface area contributed by atoms with E-state index in [9.17, 15) is 9.59 Å². The van der Waals surface area contributed by atoms with Gasteiger partial charge in [-0.05, 0) is 60.7 Å². The Morgan fingerprint density at radius 3 is 1.75 bits per heavy atom. The fourth-order valence-electron chi connectivity index (χ4n) is 6.78. The van der Waals surface area contributed by atoms with Gasteiger partial charge in [-0.25, -0.2) is 0 Å². The standard InChI is InChI=1S/C38H19NO5/c40-36-25-9-3-6-12-31(25)42-33-19-28-34(18-27(33)36)43-32-16-13-20(17-26(32)37(28)41)39-29-10-4-1-7-21(29)23-14-15-24-22-8-2-5-11-30(22)44-38(24)35(23)39/h1-19H. The van der Waals surface area contributed by atoms with Gasteiger partial charge in [0.25, 0.3) is 0 Å². The van der Waals surface area contributed by atoms with E-state index in [0.717, 1.165) is 49.4 Å². The van der Waals surface area contributed by atoms with Gasteiger partial charge in [0.15, 0.2) is 5.58 Å². The summed E-state index contributed by atoms with van der Waals surface area (Å²) in [6.45, 7) is 0. The highest BCUT2D eigenvalue weighted by Crippen LogP contribution is 2.40. The Hall–Kier alpha value is -6.14. The van der Waals surface area contributed by atoms with E-state index in [0.29, 0.717) is 43.9 Å². The molecule has 0 aliphatic rings. The SMILES string of the molecule is O=c1c2ccccc2oc2cc3c(=O)c4cc(-n5c6ccccc6c6ccc7c8ccccc8oc7c65)ccc4oc3cc12. The van der Waals surface area contributed by atoms with Gasteiger partial charge < -0.3 is 17.8 Å². The molecule has 10 aromatic rings. The lowest BCUT2D eigenvalue weighted by Gasteiger charge is -2.10. The molecular formula is C38H19NO5. The number of aromatic nitrogens is 1. The van der Waals surface area contributed by atoms with Crippen molar-refractivity contribution >= 4 is 87.6 Å². The van der Waals surface area contributed by atoms with E-state index in [-0.39, 0.29) is 10.9 Å². The molecule has 10 rings (SSSR count). The van der Waals surface area contributed by atoms with Crippen molar-refractivity contribution in [2.45, 2.75) is 0 Å². The zero-order valence-corrected chi connectivity index (χ0v) is 23.0. The first kappa shape index (κ1) is 23.4. The van der Waals surface area contributed by atoms with E-state index >= 15 is 0 Å². The first-order valence-corrected chi connectivity index (χ1v) is 14.3. The van der Waals surface area contributed by atoms with Gasteiger partial charge in [0.05, 0.1) is 32.6 Å². The summed E-state index contributed by atoms with van der Waals surface area (Å²) in [4.78, 5) is 27.3. The van der Waals surface area contributed by atoms with Crippen LogP contribution < -0.4 is 10.9 Å². The van der Waals surface area contributed by atoms with Crippen LogP contribution in [0.15, 0.2) is 138 Å². The van der Waals surface area contributed by atoms with Crippen LogP contribution in [0.2, 0.25) is 0 Å². The second kappa shape index (κ2) is 8.24. The molecule has 6 aromatic carbocycles. The smallest absolute Gasteiger partial charge is 0.200 e. The van der Waals surface area contributed by atoms with Gasteiger partial charge in [-0.3, -0.25) is 9.59 Å². The molecule has 6 nitrogen and oxygen atoms in total. The Morgan fingerprint density at radius 2 is 0.977 bits per heavy atom. The van der Waals surface area contributed by atoms with Gasteiger partial charge in [-0.1, -0.05) is 54.6 Å². The first-order valence-electron chi connectivity index (χ1n) is 14.3. The van der Waals surface area contributed by atoms with Crippen LogP contribution in [0.4, 0.5) is 0 Å². The normalized spacial score (nSPS) is 12.3. The summed E-state index contributed by atoms with van der Waals surface area (Å²) in [6.07, 6.45) is 0. The van der Waals surface area contributed by atoms with Crippen LogP contribution in [0.25, 0.3) is 93.3 Å². The van der Waals surface area contributed by atoms with Crippen LogP contribution in [0.5, 0.6) is 0 Å². The van der Waals surface area contributed by atoms with Gasteiger partial charge in [-0.2, -0.15) is 0 Å². The average Bonchev–Trinajstić information content (AvgIpc) is 3.61. The Morgan fingerprint density at radius 1 is 0.409 bits per heavy atom. The lowest BCUT2D eigenvalue weighted by molar-refractivity contribution is 0.652. The molecule has 0 radical (unpaired) electrons. The van der Waals surface area contributed by atoms with Gasteiger partial charge >= 0.3 is 0 Å². The van der Waals surface area contributed by atoms with Crippen molar-refractivity contribution in [2.24, 2.45) is 0 Å². The van der Waals surface area contributed by atoms with Crippen molar-refractivity contribution in [3.63, 3.8) is 0 Å².